The Labute approximate surface area is 303 Å². The highest BCUT2D eigenvalue weighted by molar-refractivity contribution is 6.35. The van der Waals surface area contributed by atoms with Crippen LogP contribution >= 0.6 is 23.2 Å². The van der Waals surface area contributed by atoms with Crippen LogP contribution in [0, 0.1) is 24.7 Å². The van der Waals surface area contributed by atoms with E-state index >= 15 is 0 Å². The first-order valence-corrected chi connectivity index (χ1v) is 18.3. The molecule has 0 bridgehead atoms. The number of piperidine rings is 1. The van der Waals surface area contributed by atoms with E-state index < -0.39 is 0 Å². The van der Waals surface area contributed by atoms with Crippen LogP contribution in [0.3, 0.4) is 0 Å². The summed E-state index contributed by atoms with van der Waals surface area (Å²) in [6.07, 6.45) is 5.05. The van der Waals surface area contributed by atoms with E-state index in [9.17, 15) is 4.79 Å². The molecule has 2 atom stereocenters. The van der Waals surface area contributed by atoms with Gasteiger partial charge in [-0.05, 0) is 98.5 Å². The summed E-state index contributed by atoms with van der Waals surface area (Å²) < 4.78 is 23.3. The first-order chi connectivity index (χ1) is 23.5. The number of benzene rings is 3. The second-order valence-corrected chi connectivity index (χ2v) is 14.6. The van der Waals surface area contributed by atoms with Gasteiger partial charge in [0, 0.05) is 24.1 Å². The quantitative estimate of drug-likeness (QED) is 0.130. The lowest BCUT2D eigenvalue weighted by Gasteiger charge is -2.29. The molecule has 3 aromatic carbocycles. The van der Waals surface area contributed by atoms with Crippen LogP contribution in [-0.4, -0.2) is 50.8 Å². The highest BCUT2D eigenvalue weighted by Gasteiger charge is 2.21. The van der Waals surface area contributed by atoms with E-state index in [0.29, 0.717) is 54.1 Å². The van der Waals surface area contributed by atoms with Gasteiger partial charge in [0.15, 0.2) is 0 Å². The van der Waals surface area contributed by atoms with E-state index in [1.165, 1.54) is 12.8 Å². The number of carbonyl (C=O) groups is 1. The molecule has 2 fully saturated rings. The molecule has 5 rings (SSSR count). The lowest BCUT2D eigenvalue weighted by Crippen LogP contribution is -2.34. The first-order valence-electron chi connectivity index (χ1n) is 17.6. The van der Waals surface area contributed by atoms with E-state index in [2.05, 4.69) is 63.1 Å². The molecule has 8 heteroatoms. The zero-order valence-corrected chi connectivity index (χ0v) is 31.6. The largest absolute Gasteiger partial charge is 0.492 e. The van der Waals surface area contributed by atoms with Crippen molar-refractivity contribution in [1.29, 1.82) is 0 Å². The molecule has 2 heterocycles. The van der Waals surface area contributed by atoms with Gasteiger partial charge in [-0.15, -0.1) is 0 Å². The number of likely N-dealkylation sites (tertiary alicyclic amines) is 1. The van der Waals surface area contributed by atoms with Gasteiger partial charge in [-0.2, -0.15) is 0 Å². The number of halogens is 2. The van der Waals surface area contributed by atoms with Gasteiger partial charge >= 0.3 is 5.97 Å². The minimum atomic E-state index is -0.0417. The Morgan fingerprint density at radius 1 is 1.00 bits per heavy atom. The van der Waals surface area contributed by atoms with Gasteiger partial charge in [-0.3, -0.25) is 4.79 Å². The highest BCUT2D eigenvalue weighted by atomic mass is 35.5. The number of carbonyl (C=O) groups excluding carboxylic acids is 1. The SMILES string of the molecule is C=C(COc1cc(OCc2cccc(-c3cccc(OCC4CCCN(C)C4)c3Cl)c2C)c(Cl)cc1CC)CC(C)C.CC1CCOC1=O. The van der Waals surface area contributed by atoms with Crippen molar-refractivity contribution < 1.29 is 23.7 Å². The van der Waals surface area contributed by atoms with Gasteiger partial charge in [0.05, 0.1) is 29.2 Å². The maximum Gasteiger partial charge on any atom is 0.308 e. The zero-order valence-electron chi connectivity index (χ0n) is 30.1. The second kappa shape index (κ2) is 18.7. The highest BCUT2D eigenvalue weighted by Crippen LogP contribution is 2.39. The molecule has 2 aliphatic heterocycles. The lowest BCUT2D eigenvalue weighted by atomic mass is 9.96. The van der Waals surface area contributed by atoms with Gasteiger partial charge in [-0.1, -0.05) is 87.8 Å². The molecule has 6 nitrogen and oxygen atoms in total. The van der Waals surface area contributed by atoms with Crippen LogP contribution < -0.4 is 14.2 Å². The van der Waals surface area contributed by atoms with Crippen molar-refractivity contribution in [3.05, 3.63) is 87.4 Å². The van der Waals surface area contributed by atoms with E-state index in [4.69, 9.17) is 37.4 Å². The Hall–Kier alpha value is -3.19. The zero-order chi connectivity index (χ0) is 35.5. The van der Waals surface area contributed by atoms with Crippen molar-refractivity contribution >= 4 is 29.2 Å². The average molecular weight is 711 g/mol. The minimum Gasteiger partial charge on any atom is -0.492 e. The summed E-state index contributed by atoms with van der Waals surface area (Å²) in [5, 5.41) is 1.22. The van der Waals surface area contributed by atoms with Crippen molar-refractivity contribution in [3.63, 3.8) is 0 Å². The van der Waals surface area contributed by atoms with Crippen molar-refractivity contribution in [1.82, 2.24) is 4.90 Å². The summed E-state index contributed by atoms with van der Waals surface area (Å²) in [5.41, 5.74) is 6.31. The van der Waals surface area contributed by atoms with Crippen molar-refractivity contribution in [2.45, 2.75) is 73.3 Å². The number of hydrogen-bond donors (Lipinski definition) is 0. The van der Waals surface area contributed by atoms with Crippen LogP contribution in [0.25, 0.3) is 11.1 Å². The number of esters is 1. The number of aryl methyl sites for hydroxylation is 1. The minimum absolute atomic E-state index is 0.0417. The number of cyclic esters (lactones) is 1. The maximum atomic E-state index is 10.4. The van der Waals surface area contributed by atoms with Gasteiger partial charge in [0.25, 0.3) is 0 Å². The molecule has 0 spiro atoms. The third kappa shape index (κ3) is 11.2. The smallest absolute Gasteiger partial charge is 0.308 e. The Morgan fingerprint density at radius 2 is 1.76 bits per heavy atom. The Morgan fingerprint density at radius 3 is 2.41 bits per heavy atom. The van der Waals surface area contributed by atoms with Crippen LogP contribution in [0.2, 0.25) is 10.0 Å². The molecule has 2 unspecified atom stereocenters. The molecule has 0 aliphatic carbocycles. The molecule has 0 radical (unpaired) electrons. The molecule has 0 N–H and O–H groups in total. The average Bonchev–Trinajstić information content (AvgIpc) is 3.45. The molecule has 3 aromatic rings. The number of ether oxygens (including phenoxy) is 4. The standard InChI is InChI=1S/C36H45Cl2NO3.C5H8O2/c1-7-28-18-32(37)35(19-34(28)40-21-25(4)17-24(2)3)42-23-29-12-8-13-30(26(29)5)31-14-9-15-33(36(31)38)41-22-27-11-10-16-39(6)20-27;1-4-2-3-7-5(4)6/h8-9,12-15,18-19,24,27H,4,7,10-11,16-17,20-23H2,1-3,5-6H3;4H,2-3H2,1H3. The van der Waals surface area contributed by atoms with Crippen molar-refractivity contribution in [3.8, 4) is 28.4 Å². The molecular formula is C41H53Cl2NO5. The summed E-state index contributed by atoms with van der Waals surface area (Å²) >= 11 is 13.6. The predicted octanol–water partition coefficient (Wildman–Crippen LogP) is 10.4. The number of rotatable bonds is 13. The summed E-state index contributed by atoms with van der Waals surface area (Å²) in [6, 6.07) is 16.1. The molecule has 2 saturated heterocycles. The summed E-state index contributed by atoms with van der Waals surface area (Å²) in [4.78, 5) is 12.7. The van der Waals surface area contributed by atoms with Crippen LogP contribution in [0.5, 0.6) is 17.2 Å². The summed E-state index contributed by atoms with van der Waals surface area (Å²) in [5.74, 6) is 3.30. The lowest BCUT2D eigenvalue weighted by molar-refractivity contribution is -0.140. The van der Waals surface area contributed by atoms with Crippen LogP contribution in [0.4, 0.5) is 0 Å². The molecule has 0 aromatic heterocycles. The van der Waals surface area contributed by atoms with E-state index in [1.807, 2.05) is 43.3 Å². The number of hydrogen-bond acceptors (Lipinski definition) is 6. The van der Waals surface area contributed by atoms with Gasteiger partial charge in [0.2, 0.25) is 0 Å². The molecule has 0 saturated carbocycles. The fourth-order valence-corrected chi connectivity index (χ4v) is 6.77. The van der Waals surface area contributed by atoms with Gasteiger partial charge in [0.1, 0.15) is 30.5 Å². The van der Waals surface area contributed by atoms with Crippen LogP contribution in [-0.2, 0) is 22.6 Å². The third-order valence-corrected chi connectivity index (χ3v) is 9.79. The fourth-order valence-electron chi connectivity index (χ4n) is 6.24. The van der Waals surface area contributed by atoms with Crippen LogP contribution in [0.1, 0.15) is 70.1 Å². The molecule has 266 valence electrons. The summed E-state index contributed by atoms with van der Waals surface area (Å²) in [6.45, 7) is 19.0. The topological polar surface area (TPSA) is 57.2 Å². The second-order valence-electron chi connectivity index (χ2n) is 13.8. The molecular weight excluding hydrogens is 657 g/mol. The maximum absolute atomic E-state index is 10.4. The number of nitrogens with zero attached hydrogens (tertiary/aromatic N) is 1. The van der Waals surface area contributed by atoms with Gasteiger partial charge < -0.3 is 23.8 Å². The normalized spacial score (nSPS) is 17.7. The Kier molecular flexibility index (Phi) is 14.7. The van der Waals surface area contributed by atoms with Crippen molar-refractivity contribution in [2.75, 3.05) is 40.0 Å². The summed E-state index contributed by atoms with van der Waals surface area (Å²) in [7, 11) is 2.17. The van der Waals surface area contributed by atoms with Gasteiger partial charge in [-0.25, -0.2) is 0 Å². The van der Waals surface area contributed by atoms with Crippen LogP contribution in [0.15, 0.2) is 60.7 Å². The fraction of sp³-hybridized carbons (Fsp3) is 0.488. The molecule has 0 amide bonds. The Bertz CT molecular complexity index is 1570. The van der Waals surface area contributed by atoms with E-state index in [-0.39, 0.29) is 11.9 Å². The third-order valence-electron chi connectivity index (χ3n) is 9.10. The first kappa shape index (κ1) is 38.6. The molecule has 49 heavy (non-hydrogen) atoms. The predicted molar refractivity (Wildman–Crippen MR) is 201 cm³/mol. The Balaban J connectivity index is 0.000000686. The van der Waals surface area contributed by atoms with E-state index in [1.54, 1.807) is 0 Å². The van der Waals surface area contributed by atoms with Crippen molar-refractivity contribution in [2.24, 2.45) is 17.8 Å². The van der Waals surface area contributed by atoms with E-state index in [0.717, 1.165) is 77.2 Å². The molecule has 2 aliphatic rings. The monoisotopic (exact) mass is 709 g/mol.